The van der Waals surface area contributed by atoms with Crippen LogP contribution in [0.4, 0.5) is 0 Å². The Kier molecular flexibility index (Phi) is 3.67. The number of aliphatic hydroxyl groups is 1. The molecule has 1 aliphatic heterocycles. The third kappa shape index (κ3) is 2.03. The molecule has 2 heterocycles. The molecule has 2 aromatic rings. The first-order valence-electron chi connectivity index (χ1n) is 7.46. The molecular weight excluding hydrogens is 314 g/mol. The Morgan fingerprint density at radius 3 is 2.75 bits per heavy atom. The molecule has 1 N–H and O–H groups in total. The number of benzene rings is 1. The molecule has 0 saturated heterocycles. The summed E-state index contributed by atoms with van der Waals surface area (Å²) in [4.78, 5) is 0. The van der Waals surface area contributed by atoms with Gasteiger partial charge >= 0.3 is 0 Å². The number of aliphatic hydroxyl groups excluding tert-OH is 1. The summed E-state index contributed by atoms with van der Waals surface area (Å²) in [6, 6.07) is 4.60. The van der Waals surface area contributed by atoms with Crippen molar-refractivity contribution in [3.8, 4) is 0 Å². The first-order valence-corrected chi connectivity index (χ1v) is 8.25. The Hall–Kier alpha value is -0.800. The van der Waals surface area contributed by atoms with Gasteiger partial charge in [-0.3, -0.25) is 0 Å². The van der Waals surface area contributed by atoms with Crippen molar-refractivity contribution in [1.29, 1.82) is 0 Å². The summed E-state index contributed by atoms with van der Waals surface area (Å²) in [6.45, 7) is 7.89. The van der Waals surface area contributed by atoms with Crippen LogP contribution in [0.25, 0.3) is 10.9 Å². The van der Waals surface area contributed by atoms with Crippen LogP contribution in [0.3, 0.4) is 0 Å². The largest absolute Gasteiger partial charge is 0.396 e. The van der Waals surface area contributed by atoms with E-state index >= 15 is 0 Å². The predicted molar refractivity (Wildman–Crippen MR) is 87.4 cm³/mol. The summed E-state index contributed by atoms with van der Waals surface area (Å²) in [6.07, 6.45) is 2.36. The minimum atomic E-state index is 0.222. The van der Waals surface area contributed by atoms with E-state index < -0.39 is 0 Å². The van der Waals surface area contributed by atoms with E-state index in [9.17, 15) is 5.11 Å². The van der Waals surface area contributed by atoms with Gasteiger partial charge in [-0.15, -0.1) is 0 Å². The van der Waals surface area contributed by atoms with E-state index in [0.717, 1.165) is 13.0 Å². The number of aryl methyl sites for hydroxylation is 2. The van der Waals surface area contributed by atoms with Crippen LogP contribution in [0.5, 0.6) is 0 Å². The van der Waals surface area contributed by atoms with Gasteiger partial charge in [0.25, 0.3) is 0 Å². The van der Waals surface area contributed by atoms with E-state index in [-0.39, 0.29) is 12.5 Å². The summed E-state index contributed by atoms with van der Waals surface area (Å²) < 4.78 is 3.66. The van der Waals surface area contributed by atoms with Crippen LogP contribution in [0.15, 0.2) is 16.6 Å². The maximum absolute atomic E-state index is 9.71. The van der Waals surface area contributed by atoms with Crippen LogP contribution in [0.1, 0.15) is 43.0 Å². The monoisotopic (exact) mass is 335 g/mol. The van der Waals surface area contributed by atoms with Gasteiger partial charge in [0, 0.05) is 28.0 Å². The topological polar surface area (TPSA) is 25.2 Å². The molecule has 0 spiro atoms. The second kappa shape index (κ2) is 5.19. The standard InChI is InChI=1S/C17H22BrNO/c1-10(2)15(9-20)13-7-12-5-4-6-19-11(3)16(18)14(8-13)17(12)19/h7-8,10,15,20H,4-6,9H2,1-3H3. The van der Waals surface area contributed by atoms with E-state index in [2.05, 4.69) is 53.4 Å². The van der Waals surface area contributed by atoms with Crippen molar-refractivity contribution in [3.05, 3.63) is 33.4 Å². The van der Waals surface area contributed by atoms with E-state index in [1.165, 1.54) is 38.6 Å². The van der Waals surface area contributed by atoms with Crippen molar-refractivity contribution in [2.45, 2.75) is 46.1 Å². The van der Waals surface area contributed by atoms with Crippen LogP contribution in [-0.4, -0.2) is 16.3 Å². The third-order valence-electron chi connectivity index (χ3n) is 4.70. The summed E-state index contributed by atoms with van der Waals surface area (Å²) in [7, 11) is 0. The van der Waals surface area contributed by atoms with E-state index in [4.69, 9.17) is 0 Å². The molecule has 1 aromatic heterocycles. The van der Waals surface area contributed by atoms with Crippen molar-refractivity contribution >= 4 is 26.8 Å². The normalized spacial score (nSPS) is 16.1. The van der Waals surface area contributed by atoms with Crippen LogP contribution >= 0.6 is 15.9 Å². The molecular formula is C17H22BrNO. The Labute approximate surface area is 128 Å². The van der Waals surface area contributed by atoms with Crippen molar-refractivity contribution < 1.29 is 5.11 Å². The van der Waals surface area contributed by atoms with Gasteiger partial charge in [0.1, 0.15) is 0 Å². The van der Waals surface area contributed by atoms with Gasteiger partial charge < -0.3 is 9.67 Å². The molecule has 3 rings (SSSR count). The van der Waals surface area contributed by atoms with Gasteiger partial charge in [-0.1, -0.05) is 19.9 Å². The number of rotatable bonds is 3. The van der Waals surface area contributed by atoms with Crippen molar-refractivity contribution in [3.63, 3.8) is 0 Å². The fraction of sp³-hybridized carbons (Fsp3) is 0.529. The van der Waals surface area contributed by atoms with Gasteiger partial charge in [-0.05, 0) is 58.8 Å². The minimum absolute atomic E-state index is 0.222. The molecule has 20 heavy (non-hydrogen) atoms. The lowest BCUT2D eigenvalue weighted by molar-refractivity contribution is 0.237. The molecule has 0 radical (unpaired) electrons. The second-order valence-corrected chi connectivity index (χ2v) is 7.06. The molecule has 1 aliphatic rings. The third-order valence-corrected chi connectivity index (χ3v) is 5.70. The first-order chi connectivity index (χ1) is 9.54. The number of nitrogens with zero attached hydrogens (tertiary/aromatic N) is 1. The second-order valence-electron chi connectivity index (χ2n) is 6.26. The predicted octanol–water partition coefficient (Wildman–Crippen LogP) is 4.39. The molecule has 0 aliphatic carbocycles. The lowest BCUT2D eigenvalue weighted by Crippen LogP contribution is -2.13. The van der Waals surface area contributed by atoms with Crippen LogP contribution in [0.2, 0.25) is 0 Å². The molecule has 0 saturated carbocycles. The molecule has 3 heteroatoms. The smallest absolute Gasteiger partial charge is 0.0526 e. The average Bonchev–Trinajstić information content (AvgIpc) is 2.67. The van der Waals surface area contributed by atoms with Gasteiger partial charge in [0.15, 0.2) is 0 Å². The lowest BCUT2D eigenvalue weighted by Gasteiger charge is -2.22. The van der Waals surface area contributed by atoms with E-state index in [0.29, 0.717) is 5.92 Å². The summed E-state index contributed by atoms with van der Waals surface area (Å²) in [5.41, 5.74) is 5.44. The van der Waals surface area contributed by atoms with E-state index in [1.54, 1.807) is 0 Å². The zero-order valence-corrected chi connectivity index (χ0v) is 14.0. The van der Waals surface area contributed by atoms with E-state index in [1.807, 2.05) is 0 Å². The highest BCUT2D eigenvalue weighted by Crippen LogP contribution is 2.38. The Bertz CT molecular complexity index is 657. The number of hydrogen-bond acceptors (Lipinski definition) is 1. The molecule has 0 amide bonds. The van der Waals surface area contributed by atoms with Crippen molar-refractivity contribution in [2.75, 3.05) is 6.61 Å². The number of aromatic nitrogens is 1. The van der Waals surface area contributed by atoms with Gasteiger partial charge in [0.05, 0.1) is 12.1 Å². The summed E-state index contributed by atoms with van der Waals surface area (Å²) >= 11 is 3.76. The van der Waals surface area contributed by atoms with Crippen molar-refractivity contribution in [2.24, 2.45) is 5.92 Å². The maximum atomic E-state index is 9.71. The lowest BCUT2D eigenvalue weighted by atomic mass is 9.86. The first kappa shape index (κ1) is 14.2. The zero-order valence-electron chi connectivity index (χ0n) is 12.4. The van der Waals surface area contributed by atoms with Crippen LogP contribution in [0, 0.1) is 12.8 Å². The Morgan fingerprint density at radius 1 is 1.35 bits per heavy atom. The molecule has 1 unspecified atom stereocenters. The fourth-order valence-corrected chi connectivity index (χ4v) is 4.02. The molecule has 0 fully saturated rings. The van der Waals surface area contributed by atoms with Gasteiger partial charge in [-0.2, -0.15) is 0 Å². The SMILES string of the molecule is Cc1c(Br)c2cc(C(CO)C(C)C)cc3c2n1CCC3. The molecule has 2 nitrogen and oxygen atoms in total. The molecule has 0 bridgehead atoms. The number of halogens is 1. The molecule has 108 valence electrons. The highest BCUT2D eigenvalue weighted by Gasteiger charge is 2.23. The molecule has 1 atom stereocenters. The Balaban J connectivity index is 2.26. The highest BCUT2D eigenvalue weighted by atomic mass is 79.9. The maximum Gasteiger partial charge on any atom is 0.0526 e. The van der Waals surface area contributed by atoms with Crippen LogP contribution < -0.4 is 0 Å². The minimum Gasteiger partial charge on any atom is -0.396 e. The van der Waals surface area contributed by atoms with Crippen LogP contribution in [-0.2, 0) is 13.0 Å². The zero-order chi connectivity index (χ0) is 14.4. The average molecular weight is 336 g/mol. The molecule has 1 aromatic carbocycles. The summed E-state index contributed by atoms with van der Waals surface area (Å²) in [5.74, 6) is 0.684. The van der Waals surface area contributed by atoms with Gasteiger partial charge in [-0.25, -0.2) is 0 Å². The quantitative estimate of drug-likeness (QED) is 0.883. The highest BCUT2D eigenvalue weighted by molar-refractivity contribution is 9.10. The number of hydrogen-bond donors (Lipinski definition) is 1. The summed E-state index contributed by atoms with van der Waals surface area (Å²) in [5, 5.41) is 11.0. The van der Waals surface area contributed by atoms with Crippen molar-refractivity contribution in [1.82, 2.24) is 4.57 Å². The Morgan fingerprint density at radius 2 is 2.10 bits per heavy atom. The van der Waals surface area contributed by atoms with Gasteiger partial charge in [0.2, 0.25) is 0 Å². The fourth-order valence-electron chi connectivity index (χ4n) is 3.50.